The first-order valence-electron chi connectivity index (χ1n) is 9.52. The summed E-state index contributed by atoms with van der Waals surface area (Å²) >= 11 is 0. The van der Waals surface area contributed by atoms with E-state index in [2.05, 4.69) is 0 Å². The fraction of sp³-hybridized carbons (Fsp3) is 0.364. The van der Waals surface area contributed by atoms with Gasteiger partial charge in [0.05, 0.1) is 18.8 Å². The second kappa shape index (κ2) is 10.8. The number of hydrogen-bond acceptors (Lipinski definition) is 3. The number of hydrogen-bond donors (Lipinski definition) is 0. The van der Waals surface area contributed by atoms with E-state index in [9.17, 15) is 17.6 Å². The van der Waals surface area contributed by atoms with Crippen LogP contribution in [0.2, 0.25) is 0 Å². The van der Waals surface area contributed by atoms with Gasteiger partial charge in [0.1, 0.15) is 5.75 Å². The Hall–Kier alpha value is -2.09. The van der Waals surface area contributed by atoms with Crippen molar-refractivity contribution in [2.45, 2.75) is 20.3 Å². The number of aryl methyl sites for hydroxylation is 2. The van der Waals surface area contributed by atoms with Crippen molar-refractivity contribution in [1.29, 1.82) is 0 Å². The van der Waals surface area contributed by atoms with Gasteiger partial charge in [0, 0.05) is 19.6 Å². The summed E-state index contributed by atoms with van der Waals surface area (Å²) in [6.45, 7) is 6.72. The standard InChI is InChI=1S/C22H23F4NO2.ClH/c1-3-15-13-16(7-6-14(15)2)29-22-20(25)18(23)17(19(24)21(22)26)5-4-8-27-9-11-28-12-10-27;/h4-7,13H,3,8-12H2,1-2H3;1H. The summed E-state index contributed by atoms with van der Waals surface area (Å²) in [7, 11) is 0. The molecule has 1 fully saturated rings. The predicted octanol–water partition coefficient (Wildman–Crippen LogP) is 5.67. The normalized spacial score (nSPS) is 14.7. The molecule has 8 heteroatoms. The minimum Gasteiger partial charge on any atom is -0.451 e. The van der Waals surface area contributed by atoms with Gasteiger partial charge < -0.3 is 9.47 Å². The largest absolute Gasteiger partial charge is 0.451 e. The second-order valence-electron chi connectivity index (χ2n) is 6.86. The van der Waals surface area contributed by atoms with Crippen LogP contribution in [0.4, 0.5) is 17.6 Å². The lowest BCUT2D eigenvalue weighted by Crippen LogP contribution is -2.36. The minimum absolute atomic E-state index is 0. The van der Waals surface area contributed by atoms with E-state index in [1.807, 2.05) is 18.7 Å². The van der Waals surface area contributed by atoms with Crippen LogP contribution in [0, 0.1) is 30.2 Å². The molecule has 0 atom stereocenters. The van der Waals surface area contributed by atoms with Crippen LogP contribution in [0.5, 0.6) is 11.5 Å². The average molecular weight is 446 g/mol. The van der Waals surface area contributed by atoms with Crippen molar-refractivity contribution in [1.82, 2.24) is 4.90 Å². The van der Waals surface area contributed by atoms with Gasteiger partial charge in [-0.2, -0.15) is 8.78 Å². The maximum absolute atomic E-state index is 14.5. The van der Waals surface area contributed by atoms with Gasteiger partial charge in [-0.1, -0.05) is 25.1 Å². The molecule has 1 aliphatic heterocycles. The van der Waals surface area contributed by atoms with E-state index in [-0.39, 0.29) is 18.2 Å². The fourth-order valence-corrected chi connectivity index (χ4v) is 3.18. The van der Waals surface area contributed by atoms with Gasteiger partial charge in [0.25, 0.3) is 0 Å². The van der Waals surface area contributed by atoms with Crippen LogP contribution in [-0.2, 0) is 11.2 Å². The molecule has 1 aliphatic rings. The number of morpholine rings is 1. The van der Waals surface area contributed by atoms with Gasteiger partial charge in [0.15, 0.2) is 11.6 Å². The molecule has 30 heavy (non-hydrogen) atoms. The molecule has 2 aromatic carbocycles. The number of ether oxygens (including phenoxy) is 2. The zero-order chi connectivity index (χ0) is 21.0. The maximum atomic E-state index is 14.5. The molecule has 1 heterocycles. The van der Waals surface area contributed by atoms with Gasteiger partial charge in [-0.05, 0) is 36.6 Å². The molecule has 0 aromatic heterocycles. The van der Waals surface area contributed by atoms with E-state index in [0.717, 1.165) is 17.2 Å². The van der Waals surface area contributed by atoms with Gasteiger partial charge >= 0.3 is 0 Å². The van der Waals surface area contributed by atoms with E-state index >= 15 is 0 Å². The van der Waals surface area contributed by atoms with Crippen LogP contribution in [0.25, 0.3) is 6.08 Å². The Bertz CT molecular complexity index is 885. The first-order valence-corrected chi connectivity index (χ1v) is 9.52. The molecule has 0 aliphatic carbocycles. The average Bonchev–Trinajstić information content (AvgIpc) is 2.74. The minimum atomic E-state index is -1.56. The van der Waals surface area contributed by atoms with Crippen LogP contribution in [0.15, 0.2) is 24.3 Å². The highest BCUT2D eigenvalue weighted by molar-refractivity contribution is 5.85. The monoisotopic (exact) mass is 445 g/mol. The number of halogens is 5. The molecule has 1 saturated heterocycles. The van der Waals surface area contributed by atoms with Gasteiger partial charge in [-0.25, -0.2) is 8.78 Å². The summed E-state index contributed by atoms with van der Waals surface area (Å²) in [4.78, 5) is 2.00. The van der Waals surface area contributed by atoms with Crippen molar-refractivity contribution in [2.75, 3.05) is 32.8 Å². The predicted molar refractivity (Wildman–Crippen MR) is 110 cm³/mol. The zero-order valence-corrected chi connectivity index (χ0v) is 17.6. The third-order valence-electron chi connectivity index (χ3n) is 4.93. The molecule has 0 unspecified atom stereocenters. The van der Waals surface area contributed by atoms with Crippen molar-refractivity contribution in [3.05, 3.63) is 64.2 Å². The zero-order valence-electron chi connectivity index (χ0n) is 16.8. The summed E-state index contributed by atoms with van der Waals surface area (Å²) in [5.74, 6) is -7.07. The smallest absolute Gasteiger partial charge is 0.205 e. The molecule has 3 nitrogen and oxygen atoms in total. The molecule has 0 bridgehead atoms. The highest BCUT2D eigenvalue weighted by Crippen LogP contribution is 2.34. The van der Waals surface area contributed by atoms with Gasteiger partial charge in [-0.15, -0.1) is 12.4 Å². The summed E-state index contributed by atoms with van der Waals surface area (Å²) in [6, 6.07) is 4.82. The van der Waals surface area contributed by atoms with Crippen molar-refractivity contribution < 1.29 is 27.0 Å². The van der Waals surface area contributed by atoms with E-state index in [4.69, 9.17) is 9.47 Å². The number of nitrogens with zero attached hydrogens (tertiary/aromatic N) is 1. The topological polar surface area (TPSA) is 21.7 Å². The fourth-order valence-electron chi connectivity index (χ4n) is 3.18. The lowest BCUT2D eigenvalue weighted by molar-refractivity contribution is 0.0435. The van der Waals surface area contributed by atoms with E-state index < -0.39 is 34.6 Å². The van der Waals surface area contributed by atoms with Crippen molar-refractivity contribution in [3.63, 3.8) is 0 Å². The molecule has 0 N–H and O–H groups in total. The maximum Gasteiger partial charge on any atom is 0.205 e. The molecule has 0 amide bonds. The number of rotatable bonds is 6. The van der Waals surface area contributed by atoms with Crippen molar-refractivity contribution in [3.8, 4) is 11.5 Å². The molecule has 0 spiro atoms. The van der Waals surface area contributed by atoms with Gasteiger partial charge in [0.2, 0.25) is 17.4 Å². The summed E-state index contributed by atoms with van der Waals surface area (Å²) in [5, 5.41) is 0. The van der Waals surface area contributed by atoms with Crippen LogP contribution in [0.1, 0.15) is 23.6 Å². The Balaban J connectivity index is 0.00000320. The second-order valence-corrected chi connectivity index (χ2v) is 6.86. The lowest BCUT2D eigenvalue weighted by Gasteiger charge is -2.25. The van der Waals surface area contributed by atoms with Gasteiger partial charge in [-0.3, -0.25) is 4.90 Å². The highest BCUT2D eigenvalue weighted by atomic mass is 35.5. The third-order valence-corrected chi connectivity index (χ3v) is 4.93. The Labute approximate surface area is 179 Å². The van der Waals surface area contributed by atoms with Crippen molar-refractivity contribution in [2.24, 2.45) is 0 Å². The van der Waals surface area contributed by atoms with E-state index in [0.29, 0.717) is 39.3 Å². The van der Waals surface area contributed by atoms with Crippen LogP contribution in [-0.4, -0.2) is 37.7 Å². The SMILES string of the molecule is CCc1cc(Oc2c(F)c(F)c(C=CCN3CCOCC3)c(F)c2F)ccc1C.Cl. The Morgan fingerprint density at radius 3 is 2.27 bits per heavy atom. The Morgan fingerprint density at radius 2 is 1.67 bits per heavy atom. The molecule has 0 radical (unpaired) electrons. The first kappa shape index (κ1) is 24.2. The molecular weight excluding hydrogens is 422 g/mol. The van der Waals surface area contributed by atoms with Crippen molar-refractivity contribution >= 4 is 18.5 Å². The van der Waals surface area contributed by atoms with E-state index in [1.54, 1.807) is 12.1 Å². The molecular formula is C22H24ClF4NO2. The highest BCUT2D eigenvalue weighted by Gasteiger charge is 2.26. The third kappa shape index (κ3) is 5.33. The molecule has 2 aromatic rings. The summed E-state index contributed by atoms with van der Waals surface area (Å²) in [6.07, 6.45) is 3.21. The number of benzene rings is 2. The van der Waals surface area contributed by atoms with E-state index in [1.165, 1.54) is 12.1 Å². The van der Waals surface area contributed by atoms with Crippen LogP contribution >= 0.6 is 12.4 Å². The Kier molecular flexibility index (Phi) is 8.70. The quantitative estimate of drug-likeness (QED) is 0.422. The van der Waals surface area contributed by atoms with Crippen LogP contribution < -0.4 is 4.74 Å². The van der Waals surface area contributed by atoms with Crippen LogP contribution in [0.3, 0.4) is 0 Å². The molecule has 164 valence electrons. The molecule has 3 rings (SSSR count). The lowest BCUT2D eigenvalue weighted by atomic mass is 10.1. The first-order chi connectivity index (χ1) is 13.9. The summed E-state index contributed by atoms with van der Waals surface area (Å²) < 4.78 is 68.2. The molecule has 0 saturated carbocycles. The summed E-state index contributed by atoms with van der Waals surface area (Å²) in [5.41, 5.74) is 1.13. The Morgan fingerprint density at radius 1 is 1.03 bits per heavy atom.